The number of benzene rings is 3. The molecule has 0 aromatic heterocycles. The van der Waals surface area contributed by atoms with Gasteiger partial charge >= 0.3 is 0 Å². The fourth-order valence-corrected chi connectivity index (χ4v) is 6.26. The van der Waals surface area contributed by atoms with Gasteiger partial charge in [0.15, 0.2) is 6.10 Å². The number of halogens is 2. The molecule has 4 unspecified atom stereocenters. The second kappa shape index (κ2) is 7.32. The van der Waals surface area contributed by atoms with E-state index in [1.165, 1.54) is 4.90 Å². The normalized spacial score (nSPS) is 29.9. The fraction of sp³-hybridized carbons (Fsp3) is 0.231. The molecule has 6 rings (SSSR count). The van der Waals surface area contributed by atoms with E-state index >= 15 is 0 Å². The van der Waals surface area contributed by atoms with Gasteiger partial charge in [-0.1, -0.05) is 66.7 Å². The first-order valence-electron chi connectivity index (χ1n) is 10.8. The molecule has 3 aliphatic rings. The number of alkyl halides is 2. The van der Waals surface area contributed by atoms with Crippen LogP contribution in [0.1, 0.15) is 12.0 Å². The topological polar surface area (TPSA) is 49.9 Å². The Balaban J connectivity index is 1.51. The third-order valence-corrected chi connectivity index (χ3v) is 7.90. The molecule has 3 aromatic carbocycles. The Hall–Kier alpha value is -2.86. The molecule has 4 atom stereocenters. The summed E-state index contributed by atoms with van der Waals surface area (Å²) < 4.78 is -1.10. The number of amides is 2. The molecule has 0 bridgehead atoms. The Morgan fingerprint density at radius 2 is 1.27 bits per heavy atom. The van der Waals surface area contributed by atoms with Crippen LogP contribution in [0.3, 0.4) is 0 Å². The maximum atomic E-state index is 13.8. The van der Waals surface area contributed by atoms with Crippen molar-refractivity contribution in [1.29, 1.82) is 0 Å². The number of para-hydroxylation sites is 2. The van der Waals surface area contributed by atoms with Gasteiger partial charge in [-0.25, -0.2) is 9.96 Å². The van der Waals surface area contributed by atoms with Crippen LogP contribution in [-0.4, -0.2) is 28.3 Å². The average Bonchev–Trinajstić information content (AvgIpc) is 3.12. The Morgan fingerprint density at radius 1 is 0.758 bits per heavy atom. The molecule has 166 valence electrons. The minimum Gasteiger partial charge on any atom is -0.273 e. The van der Waals surface area contributed by atoms with Crippen molar-refractivity contribution >= 4 is 46.4 Å². The molecule has 0 radical (unpaired) electrons. The van der Waals surface area contributed by atoms with E-state index in [2.05, 4.69) is 0 Å². The van der Waals surface area contributed by atoms with E-state index in [-0.39, 0.29) is 11.8 Å². The lowest BCUT2D eigenvalue weighted by atomic mass is 9.79. The van der Waals surface area contributed by atoms with Crippen molar-refractivity contribution in [1.82, 2.24) is 0 Å². The molecule has 7 heteroatoms. The molecular formula is C26H20Cl2N2O3. The second-order valence-corrected chi connectivity index (χ2v) is 10.2. The molecular weight excluding hydrogens is 459 g/mol. The van der Waals surface area contributed by atoms with Gasteiger partial charge in [0.2, 0.25) is 5.91 Å². The number of nitrogens with zero attached hydrogens (tertiary/aromatic N) is 2. The number of hydrogen-bond donors (Lipinski definition) is 0. The van der Waals surface area contributed by atoms with Gasteiger partial charge in [0.05, 0.1) is 22.8 Å². The highest BCUT2D eigenvalue weighted by Crippen LogP contribution is 2.70. The summed E-state index contributed by atoms with van der Waals surface area (Å²) >= 11 is 13.7. The third-order valence-electron chi connectivity index (χ3n) is 6.96. The van der Waals surface area contributed by atoms with Crippen LogP contribution in [0.15, 0.2) is 91.0 Å². The Bertz CT molecular complexity index is 1220. The zero-order valence-corrected chi connectivity index (χ0v) is 19.0. The molecule has 2 aliphatic heterocycles. The summed E-state index contributed by atoms with van der Waals surface area (Å²) in [6, 6.07) is 27.6. The number of carbonyl (C=O) groups is 2. The van der Waals surface area contributed by atoms with Crippen LogP contribution in [0, 0.1) is 5.92 Å². The van der Waals surface area contributed by atoms with Gasteiger partial charge in [-0.3, -0.25) is 14.4 Å². The summed E-state index contributed by atoms with van der Waals surface area (Å²) in [6.45, 7) is 0. The van der Waals surface area contributed by atoms with E-state index in [4.69, 9.17) is 28.0 Å². The monoisotopic (exact) mass is 478 g/mol. The molecule has 3 fully saturated rings. The highest BCUT2D eigenvalue weighted by Gasteiger charge is 2.78. The SMILES string of the molecule is O=C1C2ON(c3ccccc3)C(C3(c4ccccc4)CC3(Cl)Cl)C2C(=O)N1c1ccccc1. The third kappa shape index (κ3) is 2.89. The first kappa shape index (κ1) is 20.7. The molecule has 1 aliphatic carbocycles. The van der Waals surface area contributed by atoms with Crippen molar-refractivity contribution in [3.05, 3.63) is 96.6 Å². The molecule has 2 heterocycles. The van der Waals surface area contributed by atoms with E-state index in [9.17, 15) is 9.59 Å². The largest absolute Gasteiger partial charge is 0.273 e. The fourth-order valence-electron chi connectivity index (χ4n) is 5.39. The molecule has 2 amide bonds. The smallest absolute Gasteiger partial charge is 0.266 e. The lowest BCUT2D eigenvalue weighted by molar-refractivity contribution is -0.126. The van der Waals surface area contributed by atoms with Gasteiger partial charge in [-0.2, -0.15) is 0 Å². The number of fused-ring (bicyclic) bond motifs is 1. The van der Waals surface area contributed by atoms with Crippen molar-refractivity contribution in [2.75, 3.05) is 9.96 Å². The molecule has 3 aromatic rings. The Labute approximate surface area is 201 Å². The Kier molecular flexibility index (Phi) is 4.60. The molecule has 1 saturated carbocycles. The van der Waals surface area contributed by atoms with Crippen LogP contribution in [0.4, 0.5) is 11.4 Å². The van der Waals surface area contributed by atoms with Crippen LogP contribution in [0.2, 0.25) is 0 Å². The number of hydroxylamine groups is 1. The highest BCUT2D eigenvalue weighted by molar-refractivity contribution is 6.52. The van der Waals surface area contributed by atoms with Gasteiger partial charge in [-0.15, -0.1) is 23.2 Å². The summed E-state index contributed by atoms with van der Waals surface area (Å²) in [6.07, 6.45) is -0.506. The van der Waals surface area contributed by atoms with E-state index in [0.717, 1.165) is 11.3 Å². The molecule has 0 N–H and O–H groups in total. The number of rotatable bonds is 4. The number of carbonyl (C=O) groups excluding carboxylic acids is 2. The molecule has 2 saturated heterocycles. The van der Waals surface area contributed by atoms with E-state index in [0.29, 0.717) is 12.1 Å². The van der Waals surface area contributed by atoms with Crippen LogP contribution >= 0.6 is 23.2 Å². The van der Waals surface area contributed by atoms with E-state index < -0.39 is 27.8 Å². The number of anilines is 2. The van der Waals surface area contributed by atoms with Gasteiger partial charge in [0, 0.05) is 0 Å². The minimum absolute atomic E-state index is 0.300. The predicted molar refractivity (Wildman–Crippen MR) is 127 cm³/mol. The Morgan fingerprint density at radius 3 is 1.82 bits per heavy atom. The van der Waals surface area contributed by atoms with Crippen molar-refractivity contribution in [2.45, 2.75) is 28.3 Å². The number of imide groups is 1. The summed E-state index contributed by atoms with van der Waals surface area (Å²) in [7, 11) is 0. The highest BCUT2D eigenvalue weighted by atomic mass is 35.5. The molecule has 33 heavy (non-hydrogen) atoms. The summed E-state index contributed by atoms with van der Waals surface area (Å²) in [5.74, 6) is -1.43. The summed E-state index contributed by atoms with van der Waals surface area (Å²) in [5, 5.41) is 1.69. The van der Waals surface area contributed by atoms with Crippen molar-refractivity contribution < 1.29 is 14.4 Å². The van der Waals surface area contributed by atoms with Crippen molar-refractivity contribution in [3.63, 3.8) is 0 Å². The second-order valence-electron chi connectivity index (χ2n) is 8.72. The maximum absolute atomic E-state index is 13.8. The van der Waals surface area contributed by atoms with Gasteiger partial charge in [-0.05, 0) is 36.2 Å². The molecule has 5 nitrogen and oxygen atoms in total. The summed E-state index contributed by atoms with van der Waals surface area (Å²) in [5.41, 5.74) is 1.41. The standard InChI is InChI=1S/C26H20Cl2N2O3/c27-26(28)16-25(26,17-10-4-1-5-11-17)22-20-21(33-30(22)19-14-8-3-9-15-19)24(32)29(23(20)31)18-12-6-2-7-13-18/h1-15,20-22H,16H2. The van der Waals surface area contributed by atoms with E-state index in [1.54, 1.807) is 29.3 Å². The minimum atomic E-state index is -1.10. The van der Waals surface area contributed by atoms with Crippen LogP contribution in [-0.2, 0) is 19.8 Å². The van der Waals surface area contributed by atoms with E-state index in [1.807, 2.05) is 66.7 Å². The van der Waals surface area contributed by atoms with Gasteiger partial charge in [0.1, 0.15) is 10.3 Å². The quantitative estimate of drug-likeness (QED) is 0.396. The van der Waals surface area contributed by atoms with Crippen LogP contribution in [0.25, 0.3) is 0 Å². The predicted octanol–water partition coefficient (Wildman–Crippen LogP) is 4.88. The average molecular weight is 479 g/mol. The van der Waals surface area contributed by atoms with Gasteiger partial charge in [0.25, 0.3) is 5.91 Å². The van der Waals surface area contributed by atoms with Crippen molar-refractivity contribution in [2.24, 2.45) is 5.92 Å². The molecule has 0 spiro atoms. The lowest BCUT2D eigenvalue weighted by Crippen LogP contribution is -2.49. The first-order valence-corrected chi connectivity index (χ1v) is 11.6. The van der Waals surface area contributed by atoms with Crippen LogP contribution < -0.4 is 9.96 Å². The zero-order valence-electron chi connectivity index (χ0n) is 17.5. The van der Waals surface area contributed by atoms with Crippen LogP contribution in [0.5, 0.6) is 0 Å². The zero-order chi connectivity index (χ0) is 22.8. The van der Waals surface area contributed by atoms with Crippen molar-refractivity contribution in [3.8, 4) is 0 Å². The van der Waals surface area contributed by atoms with Gasteiger partial charge < -0.3 is 0 Å². The lowest BCUT2D eigenvalue weighted by Gasteiger charge is -2.35. The number of hydrogen-bond acceptors (Lipinski definition) is 4. The maximum Gasteiger partial charge on any atom is 0.266 e. The first-order chi connectivity index (χ1) is 16.0. The summed E-state index contributed by atoms with van der Waals surface area (Å²) in [4.78, 5) is 34.8.